The maximum Gasteiger partial charge on any atom is 0.194 e. The molecule has 0 bridgehead atoms. The molecule has 0 atom stereocenters. The van der Waals surface area contributed by atoms with Crippen molar-refractivity contribution in [1.82, 2.24) is 0 Å². The number of rotatable bonds is 9. The number of halogens is 1. The quantitative estimate of drug-likeness (QED) is 0.466. The average molecular weight is 273 g/mol. The molecule has 17 heavy (non-hydrogen) atoms. The van der Waals surface area contributed by atoms with Crippen molar-refractivity contribution in [2.75, 3.05) is 5.75 Å². The molecule has 0 saturated carbocycles. The third-order valence-electron chi connectivity index (χ3n) is 2.70. The van der Waals surface area contributed by atoms with Gasteiger partial charge in [0.05, 0.1) is 0 Å². The van der Waals surface area contributed by atoms with Gasteiger partial charge >= 0.3 is 0 Å². The van der Waals surface area contributed by atoms with Gasteiger partial charge in [0, 0.05) is 6.07 Å². The van der Waals surface area contributed by atoms with Crippen LogP contribution in [-0.4, -0.2) is 5.75 Å². The molecular formula is C14H23ClNS+. The van der Waals surface area contributed by atoms with Crippen molar-refractivity contribution in [3.63, 3.8) is 0 Å². The summed E-state index contributed by atoms with van der Waals surface area (Å²) in [5.41, 5.74) is 0. The fourth-order valence-electron chi connectivity index (χ4n) is 1.72. The molecule has 0 unspecified atom stereocenters. The zero-order chi connectivity index (χ0) is 12.3. The molecular weight excluding hydrogens is 250 g/mol. The number of unbranched alkanes of at least 4 members (excludes halogenated alkanes) is 5. The maximum atomic E-state index is 5.93. The second-order valence-electron chi connectivity index (χ2n) is 4.34. The van der Waals surface area contributed by atoms with E-state index in [0.29, 0.717) is 0 Å². The molecule has 96 valence electrons. The molecule has 0 aromatic carbocycles. The van der Waals surface area contributed by atoms with Gasteiger partial charge in [0.1, 0.15) is 5.02 Å². The molecule has 1 aromatic rings. The Balaban J connectivity index is 1.97. The largest absolute Gasteiger partial charge is 0.194 e. The highest BCUT2D eigenvalue weighted by atomic mass is 35.5. The van der Waals surface area contributed by atoms with E-state index in [1.807, 2.05) is 30.1 Å². The third kappa shape index (κ3) is 7.67. The van der Waals surface area contributed by atoms with Crippen LogP contribution in [0.15, 0.2) is 24.5 Å². The van der Waals surface area contributed by atoms with E-state index in [2.05, 4.69) is 17.7 Å². The van der Waals surface area contributed by atoms with E-state index in [1.165, 1.54) is 44.3 Å². The van der Waals surface area contributed by atoms with Crippen molar-refractivity contribution in [2.45, 2.75) is 51.3 Å². The lowest BCUT2D eigenvalue weighted by molar-refractivity contribution is -0.675. The normalized spacial score (nSPS) is 10.7. The second kappa shape index (κ2) is 9.78. The van der Waals surface area contributed by atoms with E-state index >= 15 is 0 Å². The number of thioether (sulfide) groups is 1. The summed E-state index contributed by atoms with van der Waals surface area (Å²) < 4.78 is 2.14. The molecule has 3 heteroatoms. The van der Waals surface area contributed by atoms with Crippen molar-refractivity contribution < 1.29 is 4.57 Å². The van der Waals surface area contributed by atoms with Crippen LogP contribution in [0.3, 0.4) is 0 Å². The van der Waals surface area contributed by atoms with Crippen LogP contribution in [0.1, 0.15) is 45.4 Å². The summed E-state index contributed by atoms with van der Waals surface area (Å²) in [6, 6.07) is 3.91. The number of hydrogen-bond donors (Lipinski definition) is 0. The lowest BCUT2D eigenvalue weighted by Crippen LogP contribution is -2.30. The number of aromatic nitrogens is 1. The minimum Gasteiger partial charge on any atom is -0.194 e. The Morgan fingerprint density at radius 1 is 1.18 bits per heavy atom. The third-order valence-corrected chi connectivity index (χ3v) is 3.99. The number of pyridine rings is 1. The predicted octanol–water partition coefficient (Wildman–Crippen LogP) is 4.68. The van der Waals surface area contributed by atoms with Crippen molar-refractivity contribution in [1.29, 1.82) is 0 Å². The van der Waals surface area contributed by atoms with Crippen LogP contribution in [0.4, 0.5) is 0 Å². The first-order chi connectivity index (χ1) is 8.33. The molecule has 0 fully saturated rings. The summed E-state index contributed by atoms with van der Waals surface area (Å²) in [5.74, 6) is 2.27. The van der Waals surface area contributed by atoms with Gasteiger partial charge in [-0.2, -0.15) is 4.57 Å². The van der Waals surface area contributed by atoms with Crippen LogP contribution in [0.5, 0.6) is 0 Å². The highest BCUT2D eigenvalue weighted by molar-refractivity contribution is 7.98. The van der Waals surface area contributed by atoms with Crippen molar-refractivity contribution in [3.05, 3.63) is 29.5 Å². The van der Waals surface area contributed by atoms with Crippen LogP contribution >= 0.6 is 23.4 Å². The van der Waals surface area contributed by atoms with E-state index in [-0.39, 0.29) is 0 Å². The Morgan fingerprint density at radius 3 is 2.71 bits per heavy atom. The standard InChI is InChI=1S/C14H23ClNS/c1-2-3-4-5-6-7-11-17-13-16-10-8-9-14(15)12-16/h8-10,12H,2-7,11,13H2,1H3/q+1. The Kier molecular flexibility index (Phi) is 8.55. The van der Waals surface area contributed by atoms with Gasteiger partial charge < -0.3 is 0 Å². The molecule has 0 radical (unpaired) electrons. The topological polar surface area (TPSA) is 3.88 Å². The van der Waals surface area contributed by atoms with Gasteiger partial charge in [-0.05, 0) is 18.2 Å². The van der Waals surface area contributed by atoms with Crippen LogP contribution in [0, 0.1) is 0 Å². The summed E-state index contributed by atoms with van der Waals surface area (Å²) in [7, 11) is 0. The molecule has 1 rings (SSSR count). The molecule has 0 aliphatic heterocycles. The summed E-state index contributed by atoms with van der Waals surface area (Å²) in [6.07, 6.45) is 12.3. The van der Waals surface area contributed by atoms with Gasteiger partial charge in [0.15, 0.2) is 18.3 Å². The first kappa shape index (κ1) is 14.8. The molecule has 1 aromatic heterocycles. The molecule has 0 amide bonds. The van der Waals surface area contributed by atoms with Crippen LogP contribution < -0.4 is 4.57 Å². The predicted molar refractivity (Wildman–Crippen MR) is 77.5 cm³/mol. The molecule has 0 aliphatic rings. The fourth-order valence-corrected chi connectivity index (χ4v) is 2.83. The molecule has 0 spiro atoms. The van der Waals surface area contributed by atoms with Crippen molar-refractivity contribution in [2.24, 2.45) is 0 Å². The highest BCUT2D eigenvalue weighted by Crippen LogP contribution is 2.10. The second-order valence-corrected chi connectivity index (χ2v) is 5.85. The minimum absolute atomic E-state index is 0.813. The maximum absolute atomic E-state index is 5.93. The highest BCUT2D eigenvalue weighted by Gasteiger charge is 2.00. The van der Waals surface area contributed by atoms with Gasteiger partial charge in [0.2, 0.25) is 0 Å². The van der Waals surface area contributed by atoms with Crippen molar-refractivity contribution >= 4 is 23.4 Å². The SMILES string of the molecule is CCCCCCCCSC[n+]1cccc(Cl)c1. The van der Waals surface area contributed by atoms with Crippen LogP contribution in [0.25, 0.3) is 0 Å². The van der Waals surface area contributed by atoms with Gasteiger partial charge in [-0.25, -0.2) is 0 Å². The van der Waals surface area contributed by atoms with Crippen LogP contribution in [-0.2, 0) is 5.88 Å². The Labute approximate surface area is 115 Å². The summed E-state index contributed by atoms with van der Waals surface area (Å²) >= 11 is 7.91. The number of hydrogen-bond acceptors (Lipinski definition) is 1. The molecule has 0 saturated heterocycles. The summed E-state index contributed by atoms with van der Waals surface area (Å²) in [4.78, 5) is 0. The molecule has 1 heterocycles. The van der Waals surface area contributed by atoms with E-state index in [4.69, 9.17) is 11.6 Å². The van der Waals surface area contributed by atoms with Gasteiger partial charge in [-0.3, -0.25) is 0 Å². The van der Waals surface area contributed by atoms with Gasteiger partial charge in [0.25, 0.3) is 0 Å². The van der Waals surface area contributed by atoms with Gasteiger partial charge in [-0.15, -0.1) is 0 Å². The van der Waals surface area contributed by atoms with E-state index in [0.717, 1.165) is 10.9 Å². The lowest BCUT2D eigenvalue weighted by atomic mass is 10.1. The van der Waals surface area contributed by atoms with Crippen LogP contribution in [0.2, 0.25) is 5.02 Å². The van der Waals surface area contributed by atoms with E-state index < -0.39 is 0 Å². The Hall–Kier alpha value is -0.210. The molecule has 1 nitrogen and oxygen atoms in total. The van der Waals surface area contributed by atoms with E-state index in [9.17, 15) is 0 Å². The first-order valence-corrected chi connectivity index (χ1v) is 8.08. The minimum atomic E-state index is 0.813. The summed E-state index contributed by atoms with van der Waals surface area (Å²) in [5, 5.41) is 0.813. The molecule has 0 N–H and O–H groups in total. The number of nitrogens with zero attached hydrogens (tertiary/aromatic N) is 1. The smallest absolute Gasteiger partial charge is 0.194 e. The van der Waals surface area contributed by atoms with Gasteiger partial charge in [-0.1, -0.05) is 62.4 Å². The fraction of sp³-hybridized carbons (Fsp3) is 0.643. The zero-order valence-electron chi connectivity index (χ0n) is 10.7. The zero-order valence-corrected chi connectivity index (χ0v) is 12.3. The molecule has 0 aliphatic carbocycles. The first-order valence-electron chi connectivity index (χ1n) is 6.55. The Morgan fingerprint density at radius 2 is 1.94 bits per heavy atom. The van der Waals surface area contributed by atoms with E-state index in [1.54, 1.807) is 0 Å². The summed E-state index contributed by atoms with van der Waals surface area (Å²) in [6.45, 7) is 2.26. The average Bonchev–Trinajstić information content (AvgIpc) is 2.33. The monoisotopic (exact) mass is 272 g/mol. The Bertz CT molecular complexity index is 304. The van der Waals surface area contributed by atoms with Crippen molar-refractivity contribution in [3.8, 4) is 0 Å². The lowest BCUT2D eigenvalue weighted by Gasteiger charge is -2.00.